The van der Waals surface area contributed by atoms with Gasteiger partial charge in [-0.15, -0.1) is 0 Å². The van der Waals surface area contributed by atoms with Gasteiger partial charge in [-0.05, 0) is 43.1 Å². The van der Waals surface area contributed by atoms with Crippen LogP contribution in [0.5, 0.6) is 0 Å². The van der Waals surface area contributed by atoms with Crippen molar-refractivity contribution in [2.45, 2.75) is 73.8 Å². The zero-order chi connectivity index (χ0) is 13.4. The first kappa shape index (κ1) is 17.0. The summed E-state index contributed by atoms with van der Waals surface area (Å²) < 4.78 is 0. The van der Waals surface area contributed by atoms with E-state index >= 15 is 0 Å². The minimum absolute atomic E-state index is 0.684. The van der Waals surface area contributed by atoms with Gasteiger partial charge in [-0.2, -0.15) is 0 Å². The SMILES string of the molecule is CCCCNC(C(C)C)C(CC(C)C)C(C)C. The first-order valence-electron chi connectivity index (χ1n) is 7.63. The fraction of sp³-hybridized carbons (Fsp3) is 1.00. The zero-order valence-electron chi connectivity index (χ0n) is 13.2. The summed E-state index contributed by atoms with van der Waals surface area (Å²) in [5, 5.41) is 3.81. The molecule has 17 heavy (non-hydrogen) atoms. The van der Waals surface area contributed by atoms with E-state index in [-0.39, 0.29) is 0 Å². The smallest absolute Gasteiger partial charge is 0.0121 e. The Morgan fingerprint density at radius 2 is 1.47 bits per heavy atom. The summed E-state index contributed by atoms with van der Waals surface area (Å²) in [6.45, 7) is 17.6. The van der Waals surface area contributed by atoms with Crippen molar-refractivity contribution in [3.63, 3.8) is 0 Å². The molecule has 1 N–H and O–H groups in total. The summed E-state index contributed by atoms with van der Waals surface area (Å²) in [4.78, 5) is 0. The lowest BCUT2D eigenvalue weighted by atomic mass is 9.78. The number of nitrogens with one attached hydrogen (secondary N) is 1. The molecule has 0 aromatic carbocycles. The van der Waals surface area contributed by atoms with Crippen molar-refractivity contribution in [1.29, 1.82) is 0 Å². The van der Waals surface area contributed by atoms with E-state index in [1.54, 1.807) is 0 Å². The fourth-order valence-corrected chi connectivity index (χ4v) is 2.70. The Morgan fingerprint density at radius 3 is 1.82 bits per heavy atom. The van der Waals surface area contributed by atoms with Crippen molar-refractivity contribution in [3.05, 3.63) is 0 Å². The van der Waals surface area contributed by atoms with Gasteiger partial charge in [0.2, 0.25) is 0 Å². The Labute approximate surface area is 110 Å². The van der Waals surface area contributed by atoms with Gasteiger partial charge in [0.25, 0.3) is 0 Å². The van der Waals surface area contributed by atoms with E-state index in [4.69, 9.17) is 0 Å². The van der Waals surface area contributed by atoms with Gasteiger partial charge in [0.1, 0.15) is 0 Å². The standard InChI is InChI=1S/C16H35N/c1-8-9-10-17-16(14(6)7)15(13(4)5)11-12(2)3/h12-17H,8-11H2,1-7H3. The third-order valence-electron chi connectivity index (χ3n) is 3.69. The molecule has 0 spiro atoms. The Bertz CT molecular complexity index is 172. The molecule has 0 aromatic rings. The van der Waals surface area contributed by atoms with E-state index in [9.17, 15) is 0 Å². The van der Waals surface area contributed by atoms with Crippen LogP contribution in [0.15, 0.2) is 0 Å². The summed E-state index contributed by atoms with van der Waals surface area (Å²) in [7, 11) is 0. The third-order valence-corrected chi connectivity index (χ3v) is 3.69. The minimum Gasteiger partial charge on any atom is -0.313 e. The van der Waals surface area contributed by atoms with Gasteiger partial charge in [0, 0.05) is 6.04 Å². The van der Waals surface area contributed by atoms with E-state index in [2.05, 4.69) is 53.8 Å². The molecule has 0 fully saturated rings. The van der Waals surface area contributed by atoms with Crippen molar-refractivity contribution >= 4 is 0 Å². The average molecular weight is 241 g/mol. The van der Waals surface area contributed by atoms with Gasteiger partial charge < -0.3 is 5.32 Å². The second kappa shape index (κ2) is 8.97. The molecule has 0 heterocycles. The van der Waals surface area contributed by atoms with Crippen LogP contribution in [0.3, 0.4) is 0 Å². The molecule has 0 saturated heterocycles. The molecule has 0 aliphatic heterocycles. The lowest BCUT2D eigenvalue weighted by Crippen LogP contribution is -2.43. The van der Waals surface area contributed by atoms with Gasteiger partial charge in [-0.3, -0.25) is 0 Å². The summed E-state index contributed by atoms with van der Waals surface area (Å²) in [5.41, 5.74) is 0. The number of hydrogen-bond acceptors (Lipinski definition) is 1. The number of rotatable bonds is 9. The zero-order valence-corrected chi connectivity index (χ0v) is 13.2. The third kappa shape index (κ3) is 7.08. The summed E-state index contributed by atoms with van der Waals surface area (Å²) in [6, 6.07) is 0.684. The van der Waals surface area contributed by atoms with Gasteiger partial charge in [-0.1, -0.05) is 54.9 Å². The molecule has 2 atom stereocenters. The highest BCUT2D eigenvalue weighted by atomic mass is 14.9. The molecular weight excluding hydrogens is 206 g/mol. The maximum Gasteiger partial charge on any atom is 0.0121 e. The van der Waals surface area contributed by atoms with Crippen molar-refractivity contribution in [2.75, 3.05) is 6.54 Å². The molecule has 0 aliphatic rings. The Kier molecular flexibility index (Phi) is 8.94. The van der Waals surface area contributed by atoms with Crippen molar-refractivity contribution in [1.82, 2.24) is 5.32 Å². The van der Waals surface area contributed by atoms with Crippen LogP contribution in [0, 0.1) is 23.7 Å². The second-order valence-electron chi connectivity index (χ2n) is 6.61. The summed E-state index contributed by atoms with van der Waals surface area (Å²) in [6.07, 6.45) is 3.93. The van der Waals surface area contributed by atoms with Gasteiger partial charge in [0.05, 0.1) is 0 Å². The normalized spacial score (nSPS) is 15.9. The van der Waals surface area contributed by atoms with Gasteiger partial charge in [0.15, 0.2) is 0 Å². The maximum absolute atomic E-state index is 3.81. The highest BCUT2D eigenvalue weighted by Gasteiger charge is 2.27. The van der Waals surface area contributed by atoms with Gasteiger partial charge in [-0.25, -0.2) is 0 Å². The van der Waals surface area contributed by atoms with Crippen LogP contribution in [-0.4, -0.2) is 12.6 Å². The summed E-state index contributed by atoms with van der Waals surface area (Å²) in [5.74, 6) is 3.13. The lowest BCUT2D eigenvalue weighted by molar-refractivity contribution is 0.194. The monoisotopic (exact) mass is 241 g/mol. The maximum atomic E-state index is 3.81. The molecule has 0 rings (SSSR count). The quantitative estimate of drug-likeness (QED) is 0.576. The molecule has 1 nitrogen and oxygen atoms in total. The predicted octanol–water partition coefficient (Wildman–Crippen LogP) is 4.72. The molecule has 0 aromatic heterocycles. The largest absolute Gasteiger partial charge is 0.313 e. The van der Waals surface area contributed by atoms with Crippen molar-refractivity contribution in [3.8, 4) is 0 Å². The molecule has 0 saturated carbocycles. The van der Waals surface area contributed by atoms with E-state index in [0.717, 1.165) is 23.7 Å². The molecule has 0 aliphatic carbocycles. The Hall–Kier alpha value is -0.0400. The number of hydrogen-bond donors (Lipinski definition) is 1. The summed E-state index contributed by atoms with van der Waals surface area (Å²) >= 11 is 0. The highest BCUT2D eigenvalue weighted by Crippen LogP contribution is 2.27. The van der Waals surface area contributed by atoms with Crippen molar-refractivity contribution in [2.24, 2.45) is 23.7 Å². The van der Waals surface area contributed by atoms with Crippen LogP contribution in [0.2, 0.25) is 0 Å². The Balaban J connectivity index is 4.48. The van der Waals surface area contributed by atoms with E-state index in [0.29, 0.717) is 6.04 Å². The topological polar surface area (TPSA) is 12.0 Å². The van der Waals surface area contributed by atoms with Crippen LogP contribution in [0.4, 0.5) is 0 Å². The van der Waals surface area contributed by atoms with Gasteiger partial charge >= 0.3 is 0 Å². The Morgan fingerprint density at radius 1 is 0.882 bits per heavy atom. The second-order valence-corrected chi connectivity index (χ2v) is 6.61. The van der Waals surface area contributed by atoms with Crippen LogP contribution in [-0.2, 0) is 0 Å². The van der Waals surface area contributed by atoms with Crippen molar-refractivity contribution < 1.29 is 0 Å². The lowest BCUT2D eigenvalue weighted by Gasteiger charge is -2.35. The molecule has 0 radical (unpaired) electrons. The molecule has 2 unspecified atom stereocenters. The van der Waals surface area contributed by atoms with E-state index in [1.807, 2.05) is 0 Å². The minimum atomic E-state index is 0.684. The van der Waals surface area contributed by atoms with Crippen LogP contribution in [0.1, 0.15) is 67.7 Å². The molecule has 1 heteroatoms. The van der Waals surface area contributed by atoms with Crippen LogP contribution >= 0.6 is 0 Å². The van der Waals surface area contributed by atoms with E-state index < -0.39 is 0 Å². The fourth-order valence-electron chi connectivity index (χ4n) is 2.70. The van der Waals surface area contributed by atoms with E-state index in [1.165, 1.54) is 25.8 Å². The highest BCUT2D eigenvalue weighted by molar-refractivity contribution is 4.82. The van der Waals surface area contributed by atoms with Crippen LogP contribution in [0.25, 0.3) is 0 Å². The van der Waals surface area contributed by atoms with Crippen LogP contribution < -0.4 is 5.32 Å². The molecule has 104 valence electrons. The number of unbranched alkanes of at least 4 members (excludes halogenated alkanes) is 1. The molecular formula is C16H35N. The first-order valence-corrected chi connectivity index (χ1v) is 7.63. The molecule has 0 bridgehead atoms. The predicted molar refractivity (Wildman–Crippen MR) is 79.3 cm³/mol. The molecule has 0 amide bonds. The average Bonchev–Trinajstić information content (AvgIpc) is 2.20. The first-order chi connectivity index (χ1) is 7.90.